The number of para-hydroxylation sites is 1. The summed E-state index contributed by atoms with van der Waals surface area (Å²) in [6, 6.07) is 8.24. The molecule has 5 rings (SSSR count). The fourth-order valence-corrected chi connectivity index (χ4v) is 5.89. The minimum absolute atomic E-state index is 0.0461. The van der Waals surface area contributed by atoms with Gasteiger partial charge in [-0.15, -0.1) is 0 Å². The summed E-state index contributed by atoms with van der Waals surface area (Å²) >= 11 is 0. The van der Waals surface area contributed by atoms with Crippen molar-refractivity contribution < 1.29 is 4.79 Å². The molecule has 2 aliphatic carbocycles. The van der Waals surface area contributed by atoms with Crippen molar-refractivity contribution in [2.45, 2.75) is 44.1 Å². The lowest BCUT2D eigenvalue weighted by molar-refractivity contribution is 0.110. The number of nitrogens with zero attached hydrogens (tertiary/aromatic N) is 1. The van der Waals surface area contributed by atoms with E-state index < -0.39 is 0 Å². The molecule has 0 radical (unpaired) electrons. The van der Waals surface area contributed by atoms with Gasteiger partial charge in [-0.3, -0.25) is 0 Å². The third kappa shape index (κ3) is 2.34. The average Bonchev–Trinajstić information content (AvgIpc) is 3.20. The van der Waals surface area contributed by atoms with E-state index in [2.05, 4.69) is 27.7 Å². The molecule has 3 unspecified atom stereocenters. The number of anilines is 1. The average molecular weight is 325 g/mol. The molecular weight excluding hydrogens is 298 g/mol. The molecule has 4 aliphatic rings. The Hall–Kier alpha value is -1.55. The molecule has 2 aliphatic heterocycles. The minimum Gasteiger partial charge on any atom is -0.328 e. The monoisotopic (exact) mass is 325 g/mol. The maximum Gasteiger partial charge on any atom is 0.319 e. The van der Waals surface area contributed by atoms with Gasteiger partial charge in [-0.05, 0) is 55.9 Å². The highest BCUT2D eigenvalue weighted by Crippen LogP contribution is 2.49. The van der Waals surface area contributed by atoms with E-state index in [0.717, 1.165) is 49.4 Å². The maximum absolute atomic E-state index is 12.1. The van der Waals surface area contributed by atoms with E-state index in [0.29, 0.717) is 0 Å². The Bertz CT molecular complexity index is 650. The largest absolute Gasteiger partial charge is 0.328 e. The normalized spacial score (nSPS) is 34.0. The van der Waals surface area contributed by atoms with Gasteiger partial charge in [0.1, 0.15) is 0 Å². The summed E-state index contributed by atoms with van der Waals surface area (Å²) in [6.45, 7) is 3.48. The van der Waals surface area contributed by atoms with E-state index >= 15 is 0 Å². The van der Waals surface area contributed by atoms with Crippen LogP contribution in [0.5, 0.6) is 0 Å². The molecule has 2 saturated carbocycles. The number of benzene rings is 1. The molecule has 4 heteroatoms. The number of hydrogen-bond donors (Lipinski definition) is 2. The van der Waals surface area contributed by atoms with Gasteiger partial charge in [0.25, 0.3) is 0 Å². The first-order valence-corrected chi connectivity index (χ1v) is 9.63. The number of carbonyl (C=O) groups is 1. The predicted octanol–water partition coefficient (Wildman–Crippen LogP) is 3.55. The SMILES string of the molecule is O=C1Nc2ccccc2C2(CCN(CC3CC4CCC3C4)CC2)N1. The maximum atomic E-state index is 12.1. The van der Waals surface area contributed by atoms with Crippen LogP contribution in [-0.2, 0) is 5.54 Å². The van der Waals surface area contributed by atoms with Gasteiger partial charge in [0.05, 0.1) is 5.54 Å². The number of likely N-dealkylation sites (tertiary alicyclic amines) is 1. The number of fused-ring (bicyclic) bond motifs is 4. The summed E-state index contributed by atoms with van der Waals surface area (Å²) in [7, 11) is 0. The molecule has 2 amide bonds. The second kappa shape index (κ2) is 5.48. The predicted molar refractivity (Wildman–Crippen MR) is 94.9 cm³/mol. The standard InChI is InChI=1S/C20H27N3O/c24-19-21-18-4-2-1-3-17(18)20(22-19)7-9-23(10-8-20)13-16-12-14-5-6-15(16)11-14/h1-4,14-16H,5-13H2,(H2,21,22,24). The summed E-state index contributed by atoms with van der Waals surface area (Å²) in [4.78, 5) is 14.8. The van der Waals surface area contributed by atoms with Gasteiger partial charge < -0.3 is 15.5 Å². The Morgan fingerprint density at radius 1 is 1.12 bits per heavy atom. The zero-order valence-corrected chi connectivity index (χ0v) is 14.3. The van der Waals surface area contributed by atoms with Crippen LogP contribution in [0.25, 0.3) is 0 Å². The number of urea groups is 1. The first kappa shape index (κ1) is 14.8. The fraction of sp³-hybridized carbons (Fsp3) is 0.650. The summed E-state index contributed by atoms with van der Waals surface area (Å²) < 4.78 is 0. The quantitative estimate of drug-likeness (QED) is 0.873. The van der Waals surface area contributed by atoms with Crippen LogP contribution in [0.3, 0.4) is 0 Å². The summed E-state index contributed by atoms with van der Waals surface area (Å²) in [5.41, 5.74) is 2.09. The van der Waals surface area contributed by atoms with E-state index in [1.807, 2.05) is 12.1 Å². The molecule has 0 aromatic heterocycles. The molecule has 1 aromatic rings. The third-order valence-corrected chi connectivity index (χ3v) is 7.13. The van der Waals surface area contributed by atoms with Crippen molar-refractivity contribution >= 4 is 11.7 Å². The van der Waals surface area contributed by atoms with Gasteiger partial charge in [0.15, 0.2) is 0 Å². The second-order valence-corrected chi connectivity index (χ2v) is 8.44. The van der Waals surface area contributed by atoms with Crippen molar-refractivity contribution in [3.8, 4) is 0 Å². The lowest BCUT2D eigenvalue weighted by Crippen LogP contribution is -2.57. The van der Waals surface area contributed by atoms with Crippen LogP contribution in [0.2, 0.25) is 0 Å². The van der Waals surface area contributed by atoms with Crippen LogP contribution < -0.4 is 10.6 Å². The molecule has 3 atom stereocenters. The number of amides is 2. The van der Waals surface area contributed by atoms with Crippen molar-refractivity contribution in [2.75, 3.05) is 25.0 Å². The van der Waals surface area contributed by atoms with E-state index in [9.17, 15) is 4.79 Å². The molecule has 24 heavy (non-hydrogen) atoms. The topological polar surface area (TPSA) is 44.4 Å². The zero-order chi connectivity index (χ0) is 16.1. The minimum atomic E-state index is -0.163. The third-order valence-electron chi connectivity index (χ3n) is 7.13. The fourth-order valence-electron chi connectivity index (χ4n) is 5.89. The Kier molecular flexibility index (Phi) is 3.37. The molecular formula is C20H27N3O. The van der Waals surface area contributed by atoms with Crippen LogP contribution in [0.1, 0.15) is 44.1 Å². The zero-order valence-electron chi connectivity index (χ0n) is 14.3. The summed E-state index contributed by atoms with van der Waals surface area (Å²) in [5, 5.41) is 6.21. The number of rotatable bonds is 2. The van der Waals surface area contributed by atoms with Crippen LogP contribution in [-0.4, -0.2) is 30.6 Å². The Balaban J connectivity index is 1.29. The van der Waals surface area contributed by atoms with Crippen LogP contribution in [0.15, 0.2) is 24.3 Å². The van der Waals surface area contributed by atoms with Crippen molar-refractivity contribution in [1.82, 2.24) is 10.2 Å². The van der Waals surface area contributed by atoms with E-state index in [4.69, 9.17) is 0 Å². The molecule has 1 saturated heterocycles. The number of carbonyl (C=O) groups excluding carboxylic acids is 1. The van der Waals surface area contributed by atoms with Crippen molar-refractivity contribution in [3.05, 3.63) is 29.8 Å². The second-order valence-electron chi connectivity index (χ2n) is 8.44. The van der Waals surface area contributed by atoms with Crippen molar-refractivity contribution in [2.24, 2.45) is 17.8 Å². The lowest BCUT2D eigenvalue weighted by Gasteiger charge is -2.46. The van der Waals surface area contributed by atoms with Gasteiger partial charge in [0, 0.05) is 30.9 Å². The van der Waals surface area contributed by atoms with Gasteiger partial charge in [0.2, 0.25) is 0 Å². The van der Waals surface area contributed by atoms with Crippen molar-refractivity contribution in [3.63, 3.8) is 0 Å². The van der Waals surface area contributed by atoms with E-state index in [1.54, 1.807) is 0 Å². The summed E-state index contributed by atoms with van der Waals surface area (Å²) in [5.74, 6) is 2.98. The number of piperidine rings is 1. The molecule has 4 nitrogen and oxygen atoms in total. The van der Waals surface area contributed by atoms with Crippen molar-refractivity contribution in [1.29, 1.82) is 0 Å². The summed E-state index contributed by atoms with van der Waals surface area (Å²) in [6.07, 6.45) is 7.98. The van der Waals surface area contributed by atoms with Crippen LogP contribution in [0, 0.1) is 17.8 Å². The first-order valence-electron chi connectivity index (χ1n) is 9.63. The molecule has 1 aromatic carbocycles. The molecule has 3 fully saturated rings. The molecule has 2 bridgehead atoms. The van der Waals surface area contributed by atoms with E-state index in [1.165, 1.54) is 37.8 Å². The molecule has 128 valence electrons. The molecule has 1 spiro atoms. The van der Waals surface area contributed by atoms with E-state index in [-0.39, 0.29) is 11.6 Å². The highest BCUT2D eigenvalue weighted by Gasteiger charge is 2.44. The van der Waals surface area contributed by atoms with Crippen LogP contribution >= 0.6 is 0 Å². The Morgan fingerprint density at radius 2 is 1.96 bits per heavy atom. The Labute approximate surface area is 144 Å². The van der Waals surface area contributed by atoms with Crippen LogP contribution in [0.4, 0.5) is 10.5 Å². The van der Waals surface area contributed by atoms with Gasteiger partial charge >= 0.3 is 6.03 Å². The number of nitrogens with one attached hydrogen (secondary N) is 2. The highest BCUT2D eigenvalue weighted by molar-refractivity contribution is 5.93. The smallest absolute Gasteiger partial charge is 0.319 e. The first-order chi connectivity index (χ1) is 11.7. The van der Waals surface area contributed by atoms with Gasteiger partial charge in [-0.1, -0.05) is 24.6 Å². The highest BCUT2D eigenvalue weighted by atomic mass is 16.2. The van der Waals surface area contributed by atoms with Gasteiger partial charge in [-0.25, -0.2) is 4.79 Å². The van der Waals surface area contributed by atoms with Gasteiger partial charge in [-0.2, -0.15) is 0 Å². The Morgan fingerprint density at radius 3 is 2.71 bits per heavy atom. The molecule has 2 N–H and O–H groups in total. The lowest BCUT2D eigenvalue weighted by atomic mass is 9.78. The number of hydrogen-bond acceptors (Lipinski definition) is 2. The molecule has 2 heterocycles.